The second-order valence-electron chi connectivity index (χ2n) is 6.30. The largest absolute Gasteiger partial charge is 0.368 e. The number of nitrogens with zero attached hydrogens (tertiary/aromatic N) is 1. The van der Waals surface area contributed by atoms with Crippen molar-refractivity contribution in [2.75, 3.05) is 24.5 Å². The maximum absolute atomic E-state index is 14.4. The smallest absolute Gasteiger partial charge is 0.146 e. The molecule has 0 bridgehead atoms. The Hall–Kier alpha value is -1.09. The molecule has 1 N–H and O–H groups in total. The Kier molecular flexibility index (Phi) is 5.63. The van der Waals surface area contributed by atoms with E-state index >= 15 is 0 Å². The van der Waals surface area contributed by atoms with Gasteiger partial charge in [-0.2, -0.15) is 0 Å². The van der Waals surface area contributed by atoms with Crippen LogP contribution in [0.5, 0.6) is 0 Å². The molecule has 118 valence electrons. The predicted octanol–water partition coefficient (Wildman–Crippen LogP) is 4.34. The monoisotopic (exact) mass is 292 g/mol. The first kappa shape index (κ1) is 16.3. The minimum Gasteiger partial charge on any atom is -0.368 e. The van der Waals surface area contributed by atoms with E-state index in [0.29, 0.717) is 5.41 Å². The van der Waals surface area contributed by atoms with E-state index in [4.69, 9.17) is 0 Å². The molecule has 0 aliphatic carbocycles. The van der Waals surface area contributed by atoms with Crippen LogP contribution in [0.2, 0.25) is 0 Å². The lowest BCUT2D eigenvalue weighted by atomic mass is 9.82. The summed E-state index contributed by atoms with van der Waals surface area (Å²) >= 11 is 0. The van der Waals surface area contributed by atoms with Crippen molar-refractivity contribution >= 4 is 5.69 Å². The molecule has 2 rings (SSSR count). The summed E-state index contributed by atoms with van der Waals surface area (Å²) in [6.45, 7) is 10.4. The number of hydrogen-bond donors (Lipinski definition) is 1. The van der Waals surface area contributed by atoms with Crippen LogP contribution in [-0.2, 0) is 6.54 Å². The van der Waals surface area contributed by atoms with E-state index in [-0.39, 0.29) is 5.82 Å². The van der Waals surface area contributed by atoms with Gasteiger partial charge >= 0.3 is 0 Å². The molecule has 1 aliphatic rings. The van der Waals surface area contributed by atoms with Crippen LogP contribution in [0.4, 0.5) is 10.1 Å². The molecule has 0 spiro atoms. The van der Waals surface area contributed by atoms with Gasteiger partial charge in [-0.3, -0.25) is 0 Å². The SMILES string of the molecule is CCCNCc1cccc(F)c1N1CCC(CC)(CC)C1. The molecule has 3 heteroatoms. The first-order chi connectivity index (χ1) is 10.2. The van der Waals surface area contributed by atoms with E-state index in [1.807, 2.05) is 6.07 Å². The van der Waals surface area contributed by atoms with Gasteiger partial charge in [0.1, 0.15) is 5.82 Å². The van der Waals surface area contributed by atoms with E-state index < -0.39 is 0 Å². The number of benzene rings is 1. The zero-order chi connectivity index (χ0) is 15.3. The Morgan fingerprint density at radius 3 is 2.62 bits per heavy atom. The van der Waals surface area contributed by atoms with Crippen molar-refractivity contribution in [3.8, 4) is 0 Å². The standard InChI is InChI=1S/C18H29FN2/c1-4-11-20-13-15-8-7-9-16(19)17(15)21-12-10-18(5-2,6-3)14-21/h7-9,20H,4-6,10-14H2,1-3H3. The van der Waals surface area contributed by atoms with E-state index in [1.54, 1.807) is 6.07 Å². The summed E-state index contributed by atoms with van der Waals surface area (Å²) in [5, 5.41) is 3.40. The molecule has 1 fully saturated rings. The van der Waals surface area contributed by atoms with Gasteiger partial charge in [0.05, 0.1) is 5.69 Å². The molecular weight excluding hydrogens is 263 g/mol. The molecule has 21 heavy (non-hydrogen) atoms. The first-order valence-corrected chi connectivity index (χ1v) is 8.39. The van der Waals surface area contributed by atoms with E-state index in [2.05, 4.69) is 37.1 Å². The van der Waals surface area contributed by atoms with Gasteiger partial charge < -0.3 is 10.2 Å². The van der Waals surface area contributed by atoms with Crippen LogP contribution in [0.15, 0.2) is 18.2 Å². The van der Waals surface area contributed by atoms with Crippen LogP contribution < -0.4 is 10.2 Å². The highest BCUT2D eigenvalue weighted by molar-refractivity contribution is 5.56. The minimum absolute atomic E-state index is 0.0752. The molecule has 1 saturated heterocycles. The third-order valence-electron chi connectivity index (χ3n) is 5.07. The molecule has 0 amide bonds. The topological polar surface area (TPSA) is 15.3 Å². The van der Waals surface area contributed by atoms with Crippen molar-refractivity contribution in [2.45, 2.75) is 53.0 Å². The summed E-state index contributed by atoms with van der Waals surface area (Å²) in [7, 11) is 0. The molecule has 0 unspecified atom stereocenters. The van der Waals surface area contributed by atoms with Crippen LogP contribution in [0, 0.1) is 11.2 Å². The molecule has 0 atom stereocenters. The van der Waals surface area contributed by atoms with Crippen LogP contribution in [0.1, 0.15) is 52.0 Å². The van der Waals surface area contributed by atoms with Crippen LogP contribution >= 0.6 is 0 Å². The third kappa shape index (κ3) is 3.57. The molecule has 0 saturated carbocycles. The maximum atomic E-state index is 14.4. The zero-order valence-corrected chi connectivity index (χ0v) is 13.7. The number of nitrogens with one attached hydrogen (secondary N) is 1. The Morgan fingerprint density at radius 2 is 2.00 bits per heavy atom. The Bertz CT molecular complexity index is 455. The minimum atomic E-state index is -0.0752. The summed E-state index contributed by atoms with van der Waals surface area (Å²) in [5.74, 6) is -0.0752. The molecule has 0 aromatic heterocycles. The van der Waals surface area contributed by atoms with Gasteiger partial charge in [0.25, 0.3) is 0 Å². The number of halogens is 1. The Labute approximate surface area is 128 Å². The molecule has 1 aliphatic heterocycles. The third-order valence-corrected chi connectivity index (χ3v) is 5.07. The fraction of sp³-hybridized carbons (Fsp3) is 0.667. The van der Waals surface area contributed by atoms with Crippen LogP contribution in [0.25, 0.3) is 0 Å². The second kappa shape index (κ2) is 7.26. The highest BCUT2D eigenvalue weighted by Gasteiger charge is 2.36. The highest BCUT2D eigenvalue weighted by atomic mass is 19.1. The fourth-order valence-corrected chi connectivity index (χ4v) is 3.41. The van der Waals surface area contributed by atoms with Crippen molar-refractivity contribution in [3.05, 3.63) is 29.6 Å². The van der Waals surface area contributed by atoms with Gasteiger partial charge in [-0.05, 0) is 49.3 Å². The number of anilines is 1. The maximum Gasteiger partial charge on any atom is 0.146 e. The summed E-state index contributed by atoms with van der Waals surface area (Å²) in [5.41, 5.74) is 2.28. The van der Waals surface area contributed by atoms with E-state index in [1.165, 1.54) is 19.3 Å². The van der Waals surface area contributed by atoms with Gasteiger partial charge in [0.2, 0.25) is 0 Å². The molecule has 1 aromatic carbocycles. The van der Waals surface area contributed by atoms with Gasteiger partial charge in [-0.1, -0.05) is 32.9 Å². The van der Waals surface area contributed by atoms with Gasteiger partial charge in [-0.25, -0.2) is 4.39 Å². The molecule has 0 radical (unpaired) electrons. The number of rotatable bonds is 7. The van der Waals surface area contributed by atoms with Gasteiger partial charge in [-0.15, -0.1) is 0 Å². The van der Waals surface area contributed by atoms with Crippen molar-refractivity contribution in [1.82, 2.24) is 5.32 Å². The normalized spacial score (nSPS) is 17.4. The van der Waals surface area contributed by atoms with Crippen LogP contribution in [-0.4, -0.2) is 19.6 Å². The fourth-order valence-electron chi connectivity index (χ4n) is 3.41. The Morgan fingerprint density at radius 1 is 1.24 bits per heavy atom. The van der Waals surface area contributed by atoms with Crippen LogP contribution in [0.3, 0.4) is 0 Å². The Balaban J connectivity index is 2.19. The zero-order valence-electron chi connectivity index (χ0n) is 13.7. The molecule has 1 aromatic rings. The summed E-state index contributed by atoms with van der Waals surface area (Å²) in [4.78, 5) is 2.27. The van der Waals surface area contributed by atoms with Crippen molar-refractivity contribution in [2.24, 2.45) is 5.41 Å². The molecule has 1 heterocycles. The lowest BCUT2D eigenvalue weighted by Crippen LogP contribution is -2.28. The van der Waals surface area contributed by atoms with Crippen molar-refractivity contribution in [1.29, 1.82) is 0 Å². The molecular formula is C18H29FN2. The van der Waals surface area contributed by atoms with Crippen molar-refractivity contribution in [3.63, 3.8) is 0 Å². The summed E-state index contributed by atoms with van der Waals surface area (Å²) in [6, 6.07) is 5.47. The van der Waals surface area contributed by atoms with E-state index in [9.17, 15) is 4.39 Å². The van der Waals surface area contributed by atoms with Crippen molar-refractivity contribution < 1.29 is 4.39 Å². The number of para-hydroxylation sites is 1. The average Bonchev–Trinajstić information content (AvgIpc) is 2.92. The number of hydrogen-bond acceptors (Lipinski definition) is 2. The summed E-state index contributed by atoms with van der Waals surface area (Å²) < 4.78 is 14.4. The van der Waals surface area contributed by atoms with Gasteiger partial charge in [0.15, 0.2) is 0 Å². The quantitative estimate of drug-likeness (QED) is 0.752. The second-order valence-corrected chi connectivity index (χ2v) is 6.30. The first-order valence-electron chi connectivity index (χ1n) is 8.39. The lowest BCUT2D eigenvalue weighted by Gasteiger charge is -2.28. The van der Waals surface area contributed by atoms with Gasteiger partial charge in [0, 0.05) is 19.6 Å². The predicted molar refractivity (Wildman–Crippen MR) is 88.2 cm³/mol. The average molecular weight is 292 g/mol. The van der Waals surface area contributed by atoms with E-state index in [0.717, 1.165) is 43.9 Å². The highest BCUT2D eigenvalue weighted by Crippen LogP contribution is 2.40. The molecule has 2 nitrogen and oxygen atoms in total. The lowest BCUT2D eigenvalue weighted by molar-refractivity contribution is 0.301. The summed E-state index contributed by atoms with van der Waals surface area (Å²) in [6.07, 6.45) is 4.63.